The van der Waals surface area contributed by atoms with E-state index in [9.17, 15) is 4.39 Å². The quantitative estimate of drug-likeness (QED) is 0.775. The lowest BCUT2D eigenvalue weighted by Gasteiger charge is -2.27. The normalized spacial score (nSPS) is 13.0. The molecule has 0 aliphatic rings. The van der Waals surface area contributed by atoms with Crippen molar-refractivity contribution in [2.75, 3.05) is 26.0 Å². The van der Waals surface area contributed by atoms with E-state index in [1.807, 2.05) is 6.92 Å². The van der Waals surface area contributed by atoms with E-state index in [0.717, 1.165) is 6.54 Å². The van der Waals surface area contributed by atoms with Crippen LogP contribution in [-0.2, 0) is 11.3 Å². The van der Waals surface area contributed by atoms with Crippen molar-refractivity contribution >= 4 is 5.69 Å². The second-order valence-corrected chi connectivity index (χ2v) is 4.18. The van der Waals surface area contributed by atoms with Crippen LogP contribution in [0.2, 0.25) is 0 Å². The molecule has 1 atom stereocenters. The average Bonchev–Trinajstić information content (AvgIpc) is 2.29. The summed E-state index contributed by atoms with van der Waals surface area (Å²) in [6, 6.07) is 5.04. The SMILES string of the molecule is CCN(Cc1c(N)cccc1F)C(C)COC. The summed E-state index contributed by atoms with van der Waals surface area (Å²) in [7, 11) is 1.67. The van der Waals surface area contributed by atoms with Gasteiger partial charge in [0.1, 0.15) is 5.82 Å². The van der Waals surface area contributed by atoms with Crippen LogP contribution in [-0.4, -0.2) is 31.2 Å². The van der Waals surface area contributed by atoms with Crippen molar-refractivity contribution in [3.8, 4) is 0 Å². The first-order valence-corrected chi connectivity index (χ1v) is 5.86. The van der Waals surface area contributed by atoms with Gasteiger partial charge in [-0.3, -0.25) is 4.90 Å². The van der Waals surface area contributed by atoms with E-state index < -0.39 is 0 Å². The molecule has 0 radical (unpaired) electrons. The molecule has 0 saturated carbocycles. The third kappa shape index (κ3) is 3.68. The summed E-state index contributed by atoms with van der Waals surface area (Å²) in [6.45, 7) is 6.08. The van der Waals surface area contributed by atoms with E-state index >= 15 is 0 Å². The number of likely N-dealkylation sites (N-methyl/N-ethyl adjacent to an activating group) is 1. The van der Waals surface area contributed by atoms with Gasteiger partial charge in [-0.1, -0.05) is 13.0 Å². The maximum absolute atomic E-state index is 13.7. The van der Waals surface area contributed by atoms with Crippen LogP contribution >= 0.6 is 0 Å². The molecule has 1 aromatic carbocycles. The minimum absolute atomic E-state index is 0.240. The summed E-state index contributed by atoms with van der Waals surface area (Å²) in [4.78, 5) is 2.14. The van der Waals surface area contributed by atoms with Crippen molar-refractivity contribution in [3.63, 3.8) is 0 Å². The first-order chi connectivity index (χ1) is 8.10. The topological polar surface area (TPSA) is 38.5 Å². The highest BCUT2D eigenvalue weighted by atomic mass is 19.1. The van der Waals surface area contributed by atoms with Crippen LogP contribution in [0.4, 0.5) is 10.1 Å². The standard InChI is InChI=1S/C13H21FN2O/c1-4-16(10(2)9-17-3)8-11-12(14)6-5-7-13(11)15/h5-7,10H,4,8-9,15H2,1-3H3. The molecule has 4 heteroatoms. The first kappa shape index (κ1) is 13.9. The number of hydrogen-bond donors (Lipinski definition) is 1. The van der Waals surface area contributed by atoms with Gasteiger partial charge in [-0.2, -0.15) is 0 Å². The van der Waals surface area contributed by atoms with Crippen LogP contribution in [0.3, 0.4) is 0 Å². The molecule has 1 aromatic rings. The molecule has 0 spiro atoms. The summed E-state index contributed by atoms with van der Waals surface area (Å²) < 4.78 is 18.8. The van der Waals surface area contributed by atoms with Gasteiger partial charge in [0, 0.05) is 30.9 Å². The molecule has 0 saturated heterocycles. The zero-order valence-corrected chi connectivity index (χ0v) is 10.7. The largest absolute Gasteiger partial charge is 0.398 e. The number of anilines is 1. The van der Waals surface area contributed by atoms with E-state index in [1.165, 1.54) is 6.07 Å². The van der Waals surface area contributed by atoms with Crippen molar-refractivity contribution in [1.29, 1.82) is 0 Å². The Morgan fingerprint density at radius 1 is 1.47 bits per heavy atom. The smallest absolute Gasteiger partial charge is 0.129 e. The average molecular weight is 240 g/mol. The van der Waals surface area contributed by atoms with Gasteiger partial charge in [0.2, 0.25) is 0 Å². The second-order valence-electron chi connectivity index (χ2n) is 4.18. The number of ether oxygens (including phenoxy) is 1. The molecule has 0 aliphatic heterocycles. The van der Waals surface area contributed by atoms with E-state index in [-0.39, 0.29) is 11.9 Å². The predicted octanol–water partition coefficient (Wildman–Crippen LogP) is 2.26. The Morgan fingerprint density at radius 3 is 2.71 bits per heavy atom. The van der Waals surface area contributed by atoms with Gasteiger partial charge in [-0.15, -0.1) is 0 Å². The van der Waals surface area contributed by atoms with Crippen LogP contribution in [0.25, 0.3) is 0 Å². The van der Waals surface area contributed by atoms with Gasteiger partial charge >= 0.3 is 0 Å². The molecule has 1 rings (SSSR count). The molecule has 17 heavy (non-hydrogen) atoms. The fraction of sp³-hybridized carbons (Fsp3) is 0.538. The predicted molar refractivity (Wildman–Crippen MR) is 68.2 cm³/mol. The lowest BCUT2D eigenvalue weighted by atomic mass is 10.1. The van der Waals surface area contributed by atoms with E-state index in [2.05, 4.69) is 11.8 Å². The zero-order valence-electron chi connectivity index (χ0n) is 10.7. The fourth-order valence-corrected chi connectivity index (χ4v) is 1.87. The highest BCUT2D eigenvalue weighted by Gasteiger charge is 2.15. The number of hydrogen-bond acceptors (Lipinski definition) is 3. The van der Waals surface area contributed by atoms with E-state index in [0.29, 0.717) is 24.4 Å². The molecule has 0 fully saturated rings. The van der Waals surface area contributed by atoms with Crippen molar-refractivity contribution in [2.24, 2.45) is 0 Å². The molecule has 2 N–H and O–H groups in total. The molecule has 0 amide bonds. The van der Waals surface area contributed by atoms with Crippen LogP contribution in [0.15, 0.2) is 18.2 Å². The summed E-state index contributed by atoms with van der Waals surface area (Å²) in [6.07, 6.45) is 0. The monoisotopic (exact) mass is 240 g/mol. The molecule has 1 unspecified atom stereocenters. The maximum Gasteiger partial charge on any atom is 0.129 e. The summed E-state index contributed by atoms with van der Waals surface area (Å²) >= 11 is 0. The third-order valence-corrected chi connectivity index (χ3v) is 2.95. The van der Waals surface area contributed by atoms with Gasteiger partial charge in [0.05, 0.1) is 6.61 Å². The van der Waals surface area contributed by atoms with Crippen LogP contribution in [0.1, 0.15) is 19.4 Å². The number of nitrogens with zero attached hydrogens (tertiary/aromatic N) is 1. The number of benzene rings is 1. The Labute approximate surface area is 102 Å². The number of halogens is 1. The molecule has 0 heterocycles. The number of nitrogen functional groups attached to an aromatic ring is 1. The molecular formula is C13H21FN2O. The van der Waals surface area contributed by atoms with Crippen molar-refractivity contribution in [3.05, 3.63) is 29.6 Å². The second kappa shape index (κ2) is 6.57. The highest BCUT2D eigenvalue weighted by Crippen LogP contribution is 2.18. The molecule has 3 nitrogen and oxygen atoms in total. The molecule has 96 valence electrons. The van der Waals surface area contributed by atoms with Crippen LogP contribution < -0.4 is 5.73 Å². The molecule has 0 aromatic heterocycles. The minimum atomic E-state index is -0.243. The Bertz CT molecular complexity index is 337. The van der Waals surface area contributed by atoms with E-state index in [4.69, 9.17) is 10.5 Å². The zero-order chi connectivity index (χ0) is 12.8. The number of nitrogens with two attached hydrogens (primary N) is 1. The van der Waals surface area contributed by atoms with Gasteiger partial charge in [-0.25, -0.2) is 4.39 Å². The van der Waals surface area contributed by atoms with Crippen molar-refractivity contribution < 1.29 is 9.13 Å². The Balaban J connectivity index is 2.80. The molecular weight excluding hydrogens is 219 g/mol. The first-order valence-electron chi connectivity index (χ1n) is 5.86. The summed E-state index contributed by atoms with van der Waals surface area (Å²) in [5, 5.41) is 0. The fourth-order valence-electron chi connectivity index (χ4n) is 1.87. The van der Waals surface area contributed by atoms with Gasteiger partial charge in [0.25, 0.3) is 0 Å². The summed E-state index contributed by atoms with van der Waals surface area (Å²) in [5.74, 6) is -0.243. The minimum Gasteiger partial charge on any atom is -0.398 e. The number of methoxy groups -OCH3 is 1. The molecule has 0 aliphatic carbocycles. The van der Waals surface area contributed by atoms with Crippen LogP contribution in [0.5, 0.6) is 0 Å². The Hall–Kier alpha value is -1.13. The highest BCUT2D eigenvalue weighted by molar-refractivity contribution is 5.47. The lowest BCUT2D eigenvalue weighted by Crippen LogP contribution is -2.36. The Kier molecular flexibility index (Phi) is 5.38. The van der Waals surface area contributed by atoms with Crippen molar-refractivity contribution in [2.45, 2.75) is 26.4 Å². The van der Waals surface area contributed by atoms with Gasteiger partial charge in [-0.05, 0) is 25.6 Å². The van der Waals surface area contributed by atoms with Gasteiger partial charge < -0.3 is 10.5 Å². The van der Waals surface area contributed by atoms with E-state index in [1.54, 1.807) is 19.2 Å². The Morgan fingerprint density at radius 2 is 2.18 bits per heavy atom. The maximum atomic E-state index is 13.7. The third-order valence-electron chi connectivity index (χ3n) is 2.95. The van der Waals surface area contributed by atoms with Crippen LogP contribution in [0, 0.1) is 5.82 Å². The summed E-state index contributed by atoms with van der Waals surface area (Å²) in [5.41, 5.74) is 6.87. The molecule has 0 bridgehead atoms. The van der Waals surface area contributed by atoms with Crippen molar-refractivity contribution in [1.82, 2.24) is 4.90 Å². The lowest BCUT2D eigenvalue weighted by molar-refractivity contribution is 0.0976. The number of rotatable bonds is 6. The van der Waals surface area contributed by atoms with Gasteiger partial charge in [0.15, 0.2) is 0 Å².